The lowest BCUT2D eigenvalue weighted by molar-refractivity contribution is 0.331. The van der Waals surface area contributed by atoms with Crippen LogP contribution in [0, 0.1) is 6.92 Å². The van der Waals surface area contributed by atoms with Crippen LogP contribution in [0.2, 0.25) is 0 Å². The average Bonchev–Trinajstić information content (AvgIpc) is 2.69. The summed E-state index contributed by atoms with van der Waals surface area (Å²) in [5, 5.41) is 0.878. The molecule has 0 bridgehead atoms. The number of hydrogen-bond acceptors (Lipinski definition) is 2. The fraction of sp³-hybridized carbons (Fsp3) is 0.294. The molecule has 0 N–H and O–H groups in total. The maximum atomic E-state index is 5.84. The smallest absolute Gasteiger partial charge is 0.124 e. The van der Waals surface area contributed by atoms with E-state index >= 15 is 0 Å². The van der Waals surface area contributed by atoms with Crippen LogP contribution in [0.5, 0.6) is 5.75 Å². The van der Waals surface area contributed by atoms with Crippen LogP contribution < -0.4 is 9.64 Å². The summed E-state index contributed by atoms with van der Waals surface area (Å²) in [6, 6.07) is 15.0. The number of alkyl halides is 1. The van der Waals surface area contributed by atoms with E-state index in [0.29, 0.717) is 0 Å². The van der Waals surface area contributed by atoms with E-state index in [4.69, 9.17) is 4.74 Å². The maximum Gasteiger partial charge on any atom is 0.124 e. The Kier molecular flexibility index (Phi) is 3.97. The zero-order valence-corrected chi connectivity index (χ0v) is 13.2. The van der Waals surface area contributed by atoms with Crippen LogP contribution in [0.25, 0.3) is 0 Å². The summed E-state index contributed by atoms with van der Waals surface area (Å²) in [5.41, 5.74) is 5.19. The lowest BCUT2D eigenvalue weighted by atomic mass is 10.1. The highest BCUT2D eigenvalue weighted by molar-refractivity contribution is 9.08. The molecule has 0 atom stereocenters. The molecule has 1 heterocycles. The van der Waals surface area contributed by atoms with Gasteiger partial charge in [-0.1, -0.05) is 51.8 Å². The second-order valence-electron chi connectivity index (χ2n) is 5.14. The van der Waals surface area contributed by atoms with Crippen molar-refractivity contribution in [3.63, 3.8) is 0 Å². The lowest BCUT2D eigenvalue weighted by Crippen LogP contribution is -2.26. The number of benzene rings is 2. The molecule has 0 fully saturated rings. The molecule has 20 heavy (non-hydrogen) atoms. The predicted molar refractivity (Wildman–Crippen MR) is 86.8 cm³/mol. The Morgan fingerprint density at radius 2 is 2.05 bits per heavy atom. The van der Waals surface area contributed by atoms with Crippen molar-refractivity contribution in [3.05, 3.63) is 59.2 Å². The molecule has 0 saturated heterocycles. The van der Waals surface area contributed by atoms with Gasteiger partial charge in [-0.15, -0.1) is 0 Å². The van der Waals surface area contributed by atoms with Crippen molar-refractivity contribution in [2.24, 2.45) is 0 Å². The Bertz CT molecular complexity index is 612. The molecule has 3 rings (SSSR count). The summed E-state index contributed by atoms with van der Waals surface area (Å²) >= 11 is 3.60. The fourth-order valence-corrected chi connectivity index (χ4v) is 3.11. The molecule has 2 aromatic rings. The zero-order valence-electron chi connectivity index (χ0n) is 11.6. The highest BCUT2D eigenvalue weighted by Gasteiger charge is 2.17. The summed E-state index contributed by atoms with van der Waals surface area (Å²) in [6.07, 6.45) is 0. The van der Waals surface area contributed by atoms with Gasteiger partial charge in [0.15, 0.2) is 0 Å². The average molecular weight is 332 g/mol. The predicted octanol–water partition coefficient (Wildman–Crippen LogP) is 4.29. The monoisotopic (exact) mass is 331 g/mol. The first kappa shape index (κ1) is 13.5. The molecule has 3 heteroatoms. The molecule has 1 aliphatic heterocycles. The summed E-state index contributed by atoms with van der Waals surface area (Å²) < 4.78 is 5.84. The summed E-state index contributed by atoms with van der Waals surface area (Å²) in [4.78, 5) is 2.40. The highest BCUT2D eigenvalue weighted by atomic mass is 79.9. The molecule has 1 aliphatic rings. The largest absolute Gasteiger partial charge is 0.491 e. The molecular weight excluding hydrogens is 314 g/mol. The van der Waals surface area contributed by atoms with Crippen molar-refractivity contribution in [1.29, 1.82) is 0 Å². The van der Waals surface area contributed by atoms with Gasteiger partial charge in [0.05, 0.1) is 6.54 Å². The van der Waals surface area contributed by atoms with Gasteiger partial charge >= 0.3 is 0 Å². The van der Waals surface area contributed by atoms with Gasteiger partial charge in [0, 0.05) is 23.1 Å². The topological polar surface area (TPSA) is 12.5 Å². The first-order valence-corrected chi connectivity index (χ1v) is 8.01. The van der Waals surface area contributed by atoms with E-state index in [1.807, 2.05) is 6.07 Å². The second kappa shape index (κ2) is 5.88. The Labute approximate surface area is 128 Å². The van der Waals surface area contributed by atoms with Gasteiger partial charge in [-0.25, -0.2) is 0 Å². The molecule has 2 aromatic carbocycles. The number of rotatable bonds is 2. The minimum absolute atomic E-state index is 0.729. The highest BCUT2D eigenvalue weighted by Crippen LogP contribution is 2.29. The van der Waals surface area contributed by atoms with Crippen molar-refractivity contribution >= 4 is 21.6 Å². The molecule has 0 amide bonds. The van der Waals surface area contributed by atoms with Crippen molar-refractivity contribution < 1.29 is 4.74 Å². The van der Waals surface area contributed by atoms with Crippen molar-refractivity contribution in [2.75, 3.05) is 18.1 Å². The Morgan fingerprint density at radius 3 is 2.90 bits per heavy atom. The number of anilines is 1. The second-order valence-corrected chi connectivity index (χ2v) is 5.70. The van der Waals surface area contributed by atoms with Crippen molar-refractivity contribution in [2.45, 2.75) is 18.8 Å². The standard InChI is InChI=1S/C17H18BrNO/c1-13-6-7-16(15(10-13)11-18)19-8-9-20-17-5-3-2-4-14(17)12-19/h2-7,10H,8-9,11-12H2,1H3. The Balaban J connectivity index is 1.95. The lowest BCUT2D eigenvalue weighted by Gasteiger charge is -2.25. The van der Waals surface area contributed by atoms with Gasteiger partial charge in [-0.3, -0.25) is 0 Å². The van der Waals surface area contributed by atoms with Gasteiger partial charge in [0.25, 0.3) is 0 Å². The Hall–Kier alpha value is -1.48. The molecule has 0 radical (unpaired) electrons. The third kappa shape index (κ3) is 2.68. The molecule has 0 unspecified atom stereocenters. The summed E-state index contributed by atoms with van der Waals surface area (Å²) in [5.74, 6) is 1.02. The van der Waals surface area contributed by atoms with Crippen LogP contribution in [0.4, 0.5) is 5.69 Å². The minimum atomic E-state index is 0.729. The third-order valence-corrected chi connectivity index (χ3v) is 4.28. The van der Waals surface area contributed by atoms with Gasteiger partial charge in [0.1, 0.15) is 12.4 Å². The van der Waals surface area contributed by atoms with E-state index in [-0.39, 0.29) is 0 Å². The number of halogens is 1. The maximum absolute atomic E-state index is 5.84. The van der Waals surface area contributed by atoms with Gasteiger partial charge in [-0.2, -0.15) is 0 Å². The van der Waals surface area contributed by atoms with E-state index < -0.39 is 0 Å². The zero-order chi connectivity index (χ0) is 13.9. The van der Waals surface area contributed by atoms with Gasteiger partial charge in [0.2, 0.25) is 0 Å². The van der Waals surface area contributed by atoms with Crippen LogP contribution in [0.1, 0.15) is 16.7 Å². The number of nitrogens with zero attached hydrogens (tertiary/aromatic N) is 1. The van der Waals surface area contributed by atoms with Crippen LogP contribution >= 0.6 is 15.9 Å². The SMILES string of the molecule is Cc1ccc(N2CCOc3ccccc3C2)c(CBr)c1. The minimum Gasteiger partial charge on any atom is -0.491 e. The fourth-order valence-electron chi connectivity index (χ4n) is 2.66. The first-order valence-electron chi connectivity index (χ1n) is 6.89. The summed E-state index contributed by atoms with van der Waals surface area (Å²) in [7, 11) is 0. The van der Waals surface area contributed by atoms with E-state index in [9.17, 15) is 0 Å². The molecule has 0 aliphatic carbocycles. The van der Waals surface area contributed by atoms with E-state index in [0.717, 1.165) is 30.8 Å². The van der Waals surface area contributed by atoms with Crippen LogP contribution in [0.3, 0.4) is 0 Å². The normalized spacial score (nSPS) is 14.4. The van der Waals surface area contributed by atoms with Crippen LogP contribution in [-0.4, -0.2) is 13.2 Å². The van der Waals surface area contributed by atoms with E-state index in [2.05, 4.69) is 64.2 Å². The van der Waals surface area contributed by atoms with Crippen molar-refractivity contribution in [1.82, 2.24) is 0 Å². The molecule has 0 spiro atoms. The quantitative estimate of drug-likeness (QED) is 0.761. The van der Waals surface area contributed by atoms with Crippen molar-refractivity contribution in [3.8, 4) is 5.75 Å². The summed E-state index contributed by atoms with van der Waals surface area (Å²) in [6.45, 7) is 4.68. The third-order valence-electron chi connectivity index (χ3n) is 3.67. The molecular formula is C17H18BrNO. The molecule has 0 saturated carbocycles. The van der Waals surface area contributed by atoms with E-state index in [1.165, 1.54) is 22.4 Å². The number of hydrogen-bond donors (Lipinski definition) is 0. The van der Waals surface area contributed by atoms with Gasteiger partial charge in [-0.05, 0) is 24.6 Å². The Morgan fingerprint density at radius 1 is 1.20 bits per heavy atom. The molecule has 0 aromatic heterocycles. The van der Waals surface area contributed by atoms with E-state index in [1.54, 1.807) is 0 Å². The molecule has 104 valence electrons. The van der Waals surface area contributed by atoms with Crippen LogP contribution in [-0.2, 0) is 11.9 Å². The molecule has 2 nitrogen and oxygen atoms in total. The number of ether oxygens (including phenoxy) is 1. The van der Waals surface area contributed by atoms with Gasteiger partial charge < -0.3 is 9.64 Å². The van der Waals surface area contributed by atoms with Crippen LogP contribution in [0.15, 0.2) is 42.5 Å². The number of aryl methyl sites for hydroxylation is 1. The number of para-hydroxylation sites is 1. The first-order chi connectivity index (χ1) is 9.78. The number of fused-ring (bicyclic) bond motifs is 1.